The van der Waals surface area contributed by atoms with Crippen LogP contribution in [0.4, 0.5) is 0 Å². The van der Waals surface area contributed by atoms with Gasteiger partial charge in [0, 0.05) is 9.75 Å². The fourth-order valence-electron chi connectivity index (χ4n) is 1.40. The third-order valence-electron chi connectivity index (χ3n) is 2.27. The van der Waals surface area contributed by atoms with Gasteiger partial charge < -0.3 is 5.11 Å². The van der Waals surface area contributed by atoms with Gasteiger partial charge in [0.05, 0.1) is 11.8 Å². The lowest BCUT2D eigenvalue weighted by atomic mass is 10.2. The number of carbonyl (C=O) groups is 1. The molecule has 1 aromatic carbocycles. The lowest BCUT2D eigenvalue weighted by Crippen LogP contribution is -2.17. The number of nitrogens with one attached hydrogen (secondary N) is 1. The molecule has 0 atom stereocenters. The Kier molecular flexibility index (Phi) is 3.74. The number of hydrogen-bond donors (Lipinski definition) is 2. The van der Waals surface area contributed by atoms with Gasteiger partial charge in [0.2, 0.25) is 0 Å². The number of aromatic hydroxyl groups is 1. The minimum absolute atomic E-state index is 0.0582. The van der Waals surface area contributed by atoms with Gasteiger partial charge in [-0.2, -0.15) is 5.10 Å². The summed E-state index contributed by atoms with van der Waals surface area (Å²) in [6.45, 7) is 2.00. The summed E-state index contributed by atoms with van der Waals surface area (Å²) < 4.78 is 0. The molecule has 0 saturated carbocycles. The first-order chi connectivity index (χ1) is 8.66. The van der Waals surface area contributed by atoms with Crippen molar-refractivity contribution in [3.05, 3.63) is 51.7 Å². The van der Waals surface area contributed by atoms with E-state index in [1.807, 2.05) is 19.1 Å². The van der Waals surface area contributed by atoms with Crippen LogP contribution in [0.2, 0.25) is 0 Å². The van der Waals surface area contributed by atoms with E-state index in [9.17, 15) is 9.90 Å². The first kappa shape index (κ1) is 12.3. The molecule has 0 bridgehead atoms. The predicted octanol–water partition coefficient (Wildman–Crippen LogP) is 2.53. The van der Waals surface area contributed by atoms with Gasteiger partial charge in [0.25, 0.3) is 5.91 Å². The van der Waals surface area contributed by atoms with E-state index in [1.54, 1.807) is 29.7 Å². The molecule has 0 aliphatic heterocycles. The van der Waals surface area contributed by atoms with Crippen molar-refractivity contribution in [2.45, 2.75) is 6.92 Å². The Morgan fingerprint density at radius 2 is 2.11 bits per heavy atom. The summed E-state index contributed by atoms with van der Waals surface area (Å²) in [5.74, 6) is -0.491. The lowest BCUT2D eigenvalue weighted by molar-refractivity contribution is 0.0952. The predicted molar refractivity (Wildman–Crippen MR) is 72.2 cm³/mol. The number of benzene rings is 1. The zero-order chi connectivity index (χ0) is 13.0. The Hall–Kier alpha value is -2.14. The van der Waals surface area contributed by atoms with E-state index in [0.717, 1.165) is 4.88 Å². The third kappa shape index (κ3) is 2.95. The minimum Gasteiger partial charge on any atom is -0.507 e. The number of nitrogens with zero attached hydrogens (tertiary/aromatic N) is 1. The van der Waals surface area contributed by atoms with Crippen LogP contribution in [0.5, 0.6) is 5.75 Å². The maximum absolute atomic E-state index is 11.7. The second-order valence-electron chi connectivity index (χ2n) is 3.66. The summed E-state index contributed by atoms with van der Waals surface area (Å²) in [6, 6.07) is 10.2. The number of phenolic OH excluding ortho intramolecular Hbond substituents is 1. The van der Waals surface area contributed by atoms with E-state index in [1.165, 1.54) is 17.0 Å². The van der Waals surface area contributed by atoms with Crippen molar-refractivity contribution < 1.29 is 9.90 Å². The van der Waals surface area contributed by atoms with E-state index >= 15 is 0 Å². The quantitative estimate of drug-likeness (QED) is 0.658. The zero-order valence-corrected chi connectivity index (χ0v) is 10.6. The molecule has 5 heteroatoms. The average molecular weight is 260 g/mol. The maximum Gasteiger partial charge on any atom is 0.275 e. The number of carbonyl (C=O) groups excluding carboxylic acids is 1. The van der Waals surface area contributed by atoms with Crippen LogP contribution in [-0.2, 0) is 0 Å². The Balaban J connectivity index is 2.01. The Morgan fingerprint density at radius 3 is 2.78 bits per heavy atom. The van der Waals surface area contributed by atoms with Gasteiger partial charge in [-0.15, -0.1) is 11.3 Å². The second kappa shape index (κ2) is 5.46. The molecule has 0 aliphatic carbocycles. The largest absolute Gasteiger partial charge is 0.507 e. The van der Waals surface area contributed by atoms with E-state index in [4.69, 9.17) is 0 Å². The summed E-state index contributed by atoms with van der Waals surface area (Å²) in [7, 11) is 0. The van der Waals surface area contributed by atoms with Gasteiger partial charge in [0.1, 0.15) is 5.75 Å². The molecule has 0 radical (unpaired) electrons. The summed E-state index contributed by atoms with van der Waals surface area (Å²) in [5.41, 5.74) is 2.58. The molecule has 0 spiro atoms. The fourth-order valence-corrected chi connectivity index (χ4v) is 2.15. The standard InChI is InChI=1S/C13H12N2O2S/c1-9-6-7-10(18-9)8-14-15-13(17)11-4-2-3-5-12(11)16/h2-8,16H,1H3,(H,15,17)/b14-8+. The number of phenols is 1. The van der Waals surface area contributed by atoms with E-state index < -0.39 is 5.91 Å². The second-order valence-corrected chi connectivity index (χ2v) is 4.98. The van der Waals surface area contributed by atoms with Crippen LogP contribution >= 0.6 is 11.3 Å². The van der Waals surface area contributed by atoms with E-state index in [0.29, 0.717) is 0 Å². The van der Waals surface area contributed by atoms with Gasteiger partial charge in [-0.25, -0.2) is 5.43 Å². The van der Waals surface area contributed by atoms with Crippen LogP contribution < -0.4 is 5.43 Å². The Labute approximate surface area is 109 Å². The van der Waals surface area contributed by atoms with Crippen LogP contribution in [0, 0.1) is 6.92 Å². The van der Waals surface area contributed by atoms with Crippen LogP contribution in [0.3, 0.4) is 0 Å². The average Bonchev–Trinajstić information content (AvgIpc) is 2.75. The number of thiophene rings is 1. The number of aryl methyl sites for hydroxylation is 1. The molecular formula is C13H12N2O2S. The maximum atomic E-state index is 11.7. The van der Waals surface area contributed by atoms with Crippen molar-refractivity contribution in [3.8, 4) is 5.75 Å². The molecule has 2 N–H and O–H groups in total. The number of amides is 1. The van der Waals surface area contributed by atoms with Crippen molar-refractivity contribution in [1.82, 2.24) is 5.43 Å². The van der Waals surface area contributed by atoms with Gasteiger partial charge in [-0.3, -0.25) is 4.79 Å². The van der Waals surface area contributed by atoms with Crippen LogP contribution in [0.25, 0.3) is 0 Å². The Bertz CT molecular complexity index is 590. The van der Waals surface area contributed by atoms with Gasteiger partial charge in [-0.1, -0.05) is 12.1 Å². The van der Waals surface area contributed by atoms with Crippen LogP contribution in [0.15, 0.2) is 41.5 Å². The molecule has 2 rings (SSSR count). The topological polar surface area (TPSA) is 61.7 Å². The molecule has 92 valence electrons. The molecule has 0 fully saturated rings. The van der Waals surface area contributed by atoms with Crippen molar-refractivity contribution >= 4 is 23.5 Å². The molecule has 4 nitrogen and oxygen atoms in total. The highest BCUT2D eigenvalue weighted by atomic mass is 32.1. The number of rotatable bonds is 3. The fraction of sp³-hybridized carbons (Fsp3) is 0.0769. The van der Waals surface area contributed by atoms with E-state index in [2.05, 4.69) is 10.5 Å². The molecule has 0 unspecified atom stereocenters. The zero-order valence-electron chi connectivity index (χ0n) is 9.75. The van der Waals surface area contributed by atoms with Gasteiger partial charge >= 0.3 is 0 Å². The van der Waals surface area contributed by atoms with Crippen molar-refractivity contribution in [1.29, 1.82) is 0 Å². The monoisotopic (exact) mass is 260 g/mol. The molecule has 2 aromatic rings. The molecule has 0 saturated heterocycles. The smallest absolute Gasteiger partial charge is 0.275 e. The van der Waals surface area contributed by atoms with Crippen molar-refractivity contribution in [2.24, 2.45) is 5.10 Å². The molecule has 1 aromatic heterocycles. The molecule has 0 aliphatic rings. The highest BCUT2D eigenvalue weighted by Gasteiger charge is 2.08. The highest BCUT2D eigenvalue weighted by Crippen LogP contribution is 2.15. The summed E-state index contributed by atoms with van der Waals surface area (Å²) in [5, 5.41) is 13.3. The first-order valence-corrected chi connectivity index (χ1v) is 6.16. The molecular weight excluding hydrogens is 248 g/mol. The van der Waals surface area contributed by atoms with Gasteiger partial charge in [0.15, 0.2) is 0 Å². The third-order valence-corrected chi connectivity index (χ3v) is 3.20. The summed E-state index contributed by atoms with van der Waals surface area (Å²) >= 11 is 1.59. The Morgan fingerprint density at radius 1 is 1.33 bits per heavy atom. The number of hydrogen-bond acceptors (Lipinski definition) is 4. The molecule has 1 amide bonds. The van der Waals surface area contributed by atoms with Crippen LogP contribution in [-0.4, -0.2) is 17.2 Å². The number of para-hydroxylation sites is 1. The number of hydrazone groups is 1. The lowest BCUT2D eigenvalue weighted by Gasteiger charge is -2.01. The summed E-state index contributed by atoms with van der Waals surface area (Å²) in [4.78, 5) is 13.8. The minimum atomic E-state index is -0.433. The van der Waals surface area contributed by atoms with Gasteiger partial charge in [-0.05, 0) is 31.2 Å². The van der Waals surface area contributed by atoms with Crippen molar-refractivity contribution in [2.75, 3.05) is 0 Å². The van der Waals surface area contributed by atoms with Crippen molar-refractivity contribution in [3.63, 3.8) is 0 Å². The first-order valence-electron chi connectivity index (χ1n) is 5.34. The summed E-state index contributed by atoms with van der Waals surface area (Å²) in [6.07, 6.45) is 1.58. The highest BCUT2D eigenvalue weighted by molar-refractivity contribution is 7.13. The van der Waals surface area contributed by atoms with E-state index in [-0.39, 0.29) is 11.3 Å². The normalized spacial score (nSPS) is 10.7. The SMILES string of the molecule is Cc1ccc(/C=N/NC(=O)c2ccccc2O)s1. The van der Waals surface area contributed by atoms with Crippen LogP contribution in [0.1, 0.15) is 20.1 Å². The molecule has 18 heavy (non-hydrogen) atoms. The molecule has 1 heterocycles.